The summed E-state index contributed by atoms with van der Waals surface area (Å²) >= 11 is 0. The van der Waals surface area contributed by atoms with Crippen molar-refractivity contribution < 1.29 is 21.4 Å². The van der Waals surface area contributed by atoms with Gasteiger partial charge < -0.3 is 0 Å². The van der Waals surface area contributed by atoms with Gasteiger partial charge in [-0.25, -0.2) is 8.42 Å². The van der Waals surface area contributed by atoms with Crippen molar-refractivity contribution in [2.75, 3.05) is 0 Å². The molecule has 0 bridgehead atoms. The van der Waals surface area contributed by atoms with Crippen LogP contribution >= 0.6 is 0 Å². The number of benzene rings is 2. The second-order valence-electron chi connectivity index (χ2n) is 5.66. The average Bonchev–Trinajstić information content (AvgIpc) is 2.52. The molecular formula is C17H20O5S2. The molecule has 0 aliphatic heterocycles. The lowest BCUT2D eigenvalue weighted by Gasteiger charge is -2.30. The van der Waals surface area contributed by atoms with Gasteiger partial charge in [0.2, 0.25) is 13.9 Å². The zero-order valence-corrected chi connectivity index (χ0v) is 15.1. The second kappa shape index (κ2) is 6.66. The monoisotopic (exact) mass is 368 g/mol. The van der Waals surface area contributed by atoms with Gasteiger partial charge >= 0.3 is 0 Å². The summed E-state index contributed by atoms with van der Waals surface area (Å²) in [6, 6.07) is 13.5. The quantitative estimate of drug-likeness (QED) is 0.790. The molecule has 2 aromatic carbocycles. The Balaban J connectivity index is 2.86. The summed E-state index contributed by atoms with van der Waals surface area (Å²) in [6.07, 6.45) is 0.0197. The van der Waals surface area contributed by atoms with Crippen molar-refractivity contribution in [3.63, 3.8) is 0 Å². The Morgan fingerprint density at radius 3 is 1.92 bits per heavy atom. The molecule has 24 heavy (non-hydrogen) atoms. The van der Waals surface area contributed by atoms with Crippen LogP contribution in [0.15, 0.2) is 59.5 Å². The maximum atomic E-state index is 13.3. The van der Waals surface area contributed by atoms with Gasteiger partial charge in [-0.3, -0.25) is 4.55 Å². The summed E-state index contributed by atoms with van der Waals surface area (Å²) in [5.74, 6) is 0. The third-order valence-corrected chi connectivity index (χ3v) is 8.74. The van der Waals surface area contributed by atoms with Crippen LogP contribution in [-0.2, 0) is 24.0 Å². The van der Waals surface area contributed by atoms with Crippen LogP contribution in [0.3, 0.4) is 0 Å². The molecule has 0 aromatic heterocycles. The van der Waals surface area contributed by atoms with Gasteiger partial charge in [-0.1, -0.05) is 61.4 Å². The first-order chi connectivity index (χ1) is 11.2. The topological polar surface area (TPSA) is 88.5 Å². The maximum Gasteiger partial charge on any atom is 0.290 e. The lowest BCUT2D eigenvalue weighted by atomic mass is 10.1. The molecule has 1 unspecified atom stereocenters. The van der Waals surface area contributed by atoms with Gasteiger partial charge in [0.25, 0.3) is 10.1 Å². The van der Waals surface area contributed by atoms with Crippen molar-refractivity contribution in [2.24, 2.45) is 0 Å². The molecule has 0 saturated heterocycles. The minimum atomic E-state index is -4.95. The van der Waals surface area contributed by atoms with Crippen molar-refractivity contribution in [2.45, 2.75) is 35.7 Å². The van der Waals surface area contributed by atoms with E-state index in [0.29, 0.717) is 0 Å². The summed E-state index contributed by atoms with van der Waals surface area (Å²) in [7, 11) is -9.34. The molecule has 0 radical (unpaired) electrons. The van der Waals surface area contributed by atoms with Gasteiger partial charge in [0.05, 0.1) is 4.90 Å². The van der Waals surface area contributed by atoms with Gasteiger partial charge in [-0.05, 0) is 31.0 Å². The van der Waals surface area contributed by atoms with E-state index in [1.165, 1.54) is 24.3 Å². The van der Waals surface area contributed by atoms with Crippen molar-refractivity contribution >= 4 is 20.0 Å². The molecule has 0 aliphatic rings. The van der Waals surface area contributed by atoms with E-state index in [-0.39, 0.29) is 23.3 Å². The fraction of sp³-hybridized carbons (Fsp3) is 0.294. The molecule has 2 aromatic rings. The Labute approximate surface area is 143 Å². The van der Waals surface area contributed by atoms with E-state index >= 15 is 0 Å². The fourth-order valence-corrected chi connectivity index (χ4v) is 6.87. The van der Waals surface area contributed by atoms with E-state index in [9.17, 15) is 21.4 Å². The summed E-state index contributed by atoms with van der Waals surface area (Å²) in [5, 5.41) is 0. The van der Waals surface area contributed by atoms with E-state index in [2.05, 4.69) is 0 Å². The summed E-state index contributed by atoms with van der Waals surface area (Å²) in [4.78, 5) is -0.136. The highest BCUT2D eigenvalue weighted by atomic mass is 32.3. The zero-order valence-electron chi connectivity index (χ0n) is 13.5. The number of hydrogen-bond donors (Lipinski definition) is 1. The van der Waals surface area contributed by atoms with E-state index in [0.717, 1.165) is 5.56 Å². The smallest absolute Gasteiger partial charge is 0.284 e. The molecule has 0 aliphatic carbocycles. The van der Waals surface area contributed by atoms with Crippen LogP contribution in [0.2, 0.25) is 0 Å². The predicted molar refractivity (Wildman–Crippen MR) is 92.9 cm³/mol. The Morgan fingerprint density at radius 2 is 1.46 bits per heavy atom. The highest BCUT2D eigenvalue weighted by Gasteiger charge is 2.56. The molecule has 0 saturated carbocycles. The van der Waals surface area contributed by atoms with Crippen LogP contribution in [0.5, 0.6) is 0 Å². The molecule has 7 heteroatoms. The zero-order chi connectivity index (χ0) is 18.0. The molecule has 1 N–H and O–H groups in total. The van der Waals surface area contributed by atoms with Crippen LogP contribution in [0.25, 0.3) is 0 Å². The third-order valence-electron chi connectivity index (χ3n) is 3.97. The van der Waals surface area contributed by atoms with E-state index in [1.807, 2.05) is 0 Å². The van der Waals surface area contributed by atoms with Gasteiger partial charge in [0.15, 0.2) is 0 Å². The van der Waals surface area contributed by atoms with Gasteiger partial charge in [0.1, 0.15) is 0 Å². The van der Waals surface area contributed by atoms with Gasteiger partial charge in [-0.15, -0.1) is 0 Å². The Kier molecular flexibility index (Phi) is 5.17. The fourth-order valence-electron chi connectivity index (χ4n) is 2.78. The molecule has 2 rings (SSSR count). The maximum absolute atomic E-state index is 13.3. The number of sulfone groups is 1. The van der Waals surface area contributed by atoms with Gasteiger partial charge in [-0.2, -0.15) is 8.42 Å². The van der Waals surface area contributed by atoms with Gasteiger partial charge in [0, 0.05) is 0 Å². The molecule has 0 spiro atoms. The van der Waals surface area contributed by atoms with Crippen LogP contribution in [0, 0.1) is 6.92 Å². The van der Waals surface area contributed by atoms with Crippen molar-refractivity contribution in [1.82, 2.24) is 0 Å². The lowest BCUT2D eigenvalue weighted by Crippen LogP contribution is -2.43. The average molecular weight is 368 g/mol. The highest BCUT2D eigenvalue weighted by molar-refractivity contribution is 8.07. The Hall–Kier alpha value is -1.70. The molecule has 1 atom stereocenters. The highest BCUT2D eigenvalue weighted by Crippen LogP contribution is 2.43. The van der Waals surface area contributed by atoms with E-state index in [1.54, 1.807) is 44.2 Å². The Morgan fingerprint density at radius 1 is 0.917 bits per heavy atom. The van der Waals surface area contributed by atoms with Crippen molar-refractivity contribution in [3.8, 4) is 0 Å². The summed E-state index contributed by atoms with van der Waals surface area (Å²) in [5.41, 5.74) is 0.886. The minimum absolute atomic E-state index is 0.0370. The van der Waals surface area contributed by atoms with Crippen molar-refractivity contribution in [1.29, 1.82) is 0 Å². The standard InChI is InChI=1S/C17H20O5S2/c1-3-13-17(24(20,21)22,15-7-5-4-6-8-15)23(18,19)16-11-9-14(2)10-12-16/h4-12H,3,13H2,1-2H3,(H,20,21,22). The predicted octanol–water partition coefficient (Wildman–Crippen LogP) is 3.31. The number of aryl methyl sites for hydroxylation is 1. The molecule has 5 nitrogen and oxygen atoms in total. The normalized spacial score (nSPS) is 15.0. The van der Waals surface area contributed by atoms with E-state index in [4.69, 9.17) is 0 Å². The van der Waals surface area contributed by atoms with Crippen molar-refractivity contribution in [3.05, 3.63) is 65.7 Å². The van der Waals surface area contributed by atoms with Crippen LogP contribution < -0.4 is 0 Å². The number of hydrogen-bond acceptors (Lipinski definition) is 4. The molecular weight excluding hydrogens is 348 g/mol. The molecule has 130 valence electrons. The molecule has 0 fully saturated rings. The first-order valence-corrected chi connectivity index (χ1v) is 10.4. The minimum Gasteiger partial charge on any atom is -0.284 e. The first kappa shape index (κ1) is 18.6. The van der Waals surface area contributed by atoms with Crippen LogP contribution in [0.4, 0.5) is 0 Å². The lowest BCUT2D eigenvalue weighted by molar-refractivity contribution is 0.444. The second-order valence-corrected chi connectivity index (χ2v) is 9.74. The first-order valence-electron chi connectivity index (χ1n) is 7.50. The summed E-state index contributed by atoms with van der Waals surface area (Å²) in [6.45, 7) is 3.48. The van der Waals surface area contributed by atoms with E-state index < -0.39 is 24.0 Å². The third kappa shape index (κ3) is 2.99. The van der Waals surface area contributed by atoms with Crippen LogP contribution in [-0.4, -0.2) is 21.4 Å². The molecule has 0 heterocycles. The van der Waals surface area contributed by atoms with Crippen LogP contribution in [0.1, 0.15) is 30.9 Å². The number of rotatable bonds is 6. The largest absolute Gasteiger partial charge is 0.290 e. The Bertz CT molecular complexity index is 901. The molecule has 0 amide bonds. The summed E-state index contributed by atoms with van der Waals surface area (Å²) < 4.78 is 58.7. The SMILES string of the molecule is CCCC(c1ccccc1)(S(=O)(=O)O)S(=O)(=O)c1ccc(C)cc1.